The van der Waals surface area contributed by atoms with Crippen molar-refractivity contribution < 1.29 is 23.5 Å². The fourth-order valence-corrected chi connectivity index (χ4v) is 3.84. The number of carbonyl (C=O) groups is 2. The van der Waals surface area contributed by atoms with Gasteiger partial charge in [-0.05, 0) is 44.9 Å². The molecule has 0 saturated carbocycles. The molecule has 0 aliphatic heterocycles. The van der Waals surface area contributed by atoms with Gasteiger partial charge in [-0.1, -0.05) is 72.8 Å². The van der Waals surface area contributed by atoms with Crippen LogP contribution in [0, 0.1) is 5.82 Å². The number of halogens is 1. The minimum absolute atomic E-state index is 0.0737. The molecule has 1 unspecified atom stereocenters. The first kappa shape index (κ1) is 26.9. The average Bonchev–Trinajstić information content (AvgIpc) is 2.82. The highest BCUT2D eigenvalue weighted by molar-refractivity contribution is 5.86. The molecule has 1 N–H and O–H groups in total. The predicted octanol–water partition coefficient (Wildman–Crippen LogP) is 6.48. The summed E-state index contributed by atoms with van der Waals surface area (Å²) >= 11 is 0. The molecule has 0 radical (unpaired) electrons. The first-order chi connectivity index (χ1) is 17.2. The topological polar surface area (TPSA) is 67.9 Å². The van der Waals surface area contributed by atoms with Gasteiger partial charge in [0, 0.05) is 18.7 Å². The van der Waals surface area contributed by atoms with Crippen LogP contribution in [0.4, 0.5) is 14.9 Å². The van der Waals surface area contributed by atoms with Crippen LogP contribution in [-0.4, -0.2) is 29.2 Å². The predicted molar refractivity (Wildman–Crippen MR) is 138 cm³/mol. The third-order valence-corrected chi connectivity index (χ3v) is 5.29. The summed E-state index contributed by atoms with van der Waals surface area (Å²) in [5.74, 6) is -1.29. The lowest BCUT2D eigenvalue weighted by molar-refractivity contribution is -0.150. The Morgan fingerprint density at radius 2 is 1.44 bits per heavy atom. The van der Waals surface area contributed by atoms with E-state index in [0.717, 1.165) is 11.1 Å². The SMILES string of the molecule is CCOC(=O)C(c1cccc(NC(=O)OC(C)(C)C)c1F)N(Cc1ccccc1)Cc1ccccc1. The Bertz CT molecular complexity index is 1110. The second-order valence-corrected chi connectivity index (χ2v) is 9.37. The van der Waals surface area contributed by atoms with Crippen LogP contribution in [0.25, 0.3) is 0 Å². The molecule has 0 aliphatic carbocycles. The van der Waals surface area contributed by atoms with E-state index in [0.29, 0.717) is 13.1 Å². The summed E-state index contributed by atoms with van der Waals surface area (Å²) in [7, 11) is 0. The van der Waals surface area contributed by atoms with Gasteiger partial charge in [-0.25, -0.2) is 14.0 Å². The van der Waals surface area contributed by atoms with Crippen LogP contribution >= 0.6 is 0 Å². The molecule has 0 spiro atoms. The third kappa shape index (κ3) is 7.65. The minimum atomic E-state index is -1.05. The maximum Gasteiger partial charge on any atom is 0.412 e. The van der Waals surface area contributed by atoms with Crippen molar-refractivity contribution in [2.45, 2.75) is 52.4 Å². The van der Waals surface area contributed by atoms with Crippen molar-refractivity contribution in [2.24, 2.45) is 0 Å². The van der Waals surface area contributed by atoms with Gasteiger partial charge < -0.3 is 9.47 Å². The number of rotatable bonds is 9. The van der Waals surface area contributed by atoms with Crippen LogP contribution in [0.1, 0.15) is 50.4 Å². The molecule has 6 nitrogen and oxygen atoms in total. The summed E-state index contributed by atoms with van der Waals surface area (Å²) in [5, 5.41) is 2.46. The van der Waals surface area contributed by atoms with Gasteiger partial charge >= 0.3 is 12.1 Å². The molecular formula is C29H33FN2O4. The van der Waals surface area contributed by atoms with Crippen molar-refractivity contribution >= 4 is 17.7 Å². The maximum atomic E-state index is 15.8. The van der Waals surface area contributed by atoms with Gasteiger partial charge in [0.15, 0.2) is 5.82 Å². The lowest BCUT2D eigenvalue weighted by Gasteiger charge is -2.31. The molecule has 3 aromatic rings. The van der Waals surface area contributed by atoms with Crippen LogP contribution < -0.4 is 5.32 Å². The fraction of sp³-hybridized carbons (Fsp3) is 0.310. The van der Waals surface area contributed by atoms with E-state index in [1.165, 1.54) is 6.07 Å². The summed E-state index contributed by atoms with van der Waals surface area (Å²) in [6.07, 6.45) is -0.781. The van der Waals surface area contributed by atoms with Crippen molar-refractivity contribution in [2.75, 3.05) is 11.9 Å². The van der Waals surface area contributed by atoms with Crippen LogP contribution in [0.2, 0.25) is 0 Å². The van der Waals surface area contributed by atoms with E-state index >= 15 is 4.39 Å². The van der Waals surface area contributed by atoms with Crippen LogP contribution in [0.3, 0.4) is 0 Å². The molecule has 36 heavy (non-hydrogen) atoms. The van der Waals surface area contributed by atoms with Gasteiger partial charge in [0.05, 0.1) is 12.3 Å². The first-order valence-corrected chi connectivity index (χ1v) is 11.9. The smallest absolute Gasteiger partial charge is 0.412 e. The van der Waals surface area contributed by atoms with Gasteiger partial charge in [0.25, 0.3) is 0 Å². The third-order valence-electron chi connectivity index (χ3n) is 5.29. The standard InChI is InChI=1S/C29H33FN2O4/c1-5-35-27(33)26(23-17-12-18-24(25(23)30)31-28(34)36-29(2,3)4)32(19-21-13-8-6-9-14-21)20-22-15-10-7-11-16-22/h6-18,26H,5,19-20H2,1-4H3,(H,31,34). The molecule has 0 fully saturated rings. The number of anilines is 1. The summed E-state index contributed by atoms with van der Waals surface area (Å²) in [6, 6.07) is 22.8. The second-order valence-electron chi connectivity index (χ2n) is 9.37. The van der Waals surface area contributed by atoms with Crippen molar-refractivity contribution in [3.05, 3.63) is 101 Å². The molecule has 0 bridgehead atoms. The number of hydrogen-bond acceptors (Lipinski definition) is 5. The first-order valence-electron chi connectivity index (χ1n) is 11.9. The maximum absolute atomic E-state index is 15.8. The van der Waals surface area contributed by atoms with Crippen molar-refractivity contribution in [3.8, 4) is 0 Å². The normalized spacial score (nSPS) is 12.2. The molecule has 0 aromatic heterocycles. The number of hydrogen-bond donors (Lipinski definition) is 1. The van der Waals surface area contributed by atoms with Gasteiger partial charge in [0.1, 0.15) is 11.6 Å². The average molecular weight is 493 g/mol. The van der Waals surface area contributed by atoms with E-state index in [1.54, 1.807) is 39.8 Å². The lowest BCUT2D eigenvalue weighted by Crippen LogP contribution is -2.35. The minimum Gasteiger partial charge on any atom is -0.465 e. The number of amides is 1. The number of esters is 1. The quantitative estimate of drug-likeness (QED) is 0.346. The second kappa shape index (κ2) is 12.3. The van der Waals surface area contributed by atoms with Crippen LogP contribution in [0.15, 0.2) is 78.9 Å². The molecule has 7 heteroatoms. The Labute approximate surface area is 212 Å². The van der Waals surface area contributed by atoms with Gasteiger partial charge in [0.2, 0.25) is 0 Å². The number of benzene rings is 3. The summed E-state index contributed by atoms with van der Waals surface area (Å²) < 4.78 is 26.5. The van der Waals surface area contributed by atoms with E-state index in [2.05, 4.69) is 5.32 Å². The highest BCUT2D eigenvalue weighted by Gasteiger charge is 2.33. The van der Waals surface area contributed by atoms with Crippen LogP contribution in [-0.2, 0) is 27.4 Å². The largest absolute Gasteiger partial charge is 0.465 e. The molecule has 0 saturated heterocycles. The molecule has 1 amide bonds. The van der Waals surface area contributed by atoms with Crippen LogP contribution in [0.5, 0.6) is 0 Å². The highest BCUT2D eigenvalue weighted by Crippen LogP contribution is 2.32. The fourth-order valence-electron chi connectivity index (χ4n) is 3.84. The van der Waals surface area contributed by atoms with Crippen molar-refractivity contribution in [3.63, 3.8) is 0 Å². The monoisotopic (exact) mass is 492 g/mol. The number of nitrogens with one attached hydrogen (secondary N) is 1. The summed E-state index contributed by atoms with van der Waals surface area (Å²) in [4.78, 5) is 27.5. The summed E-state index contributed by atoms with van der Waals surface area (Å²) in [6.45, 7) is 7.79. The lowest BCUT2D eigenvalue weighted by atomic mass is 10.0. The van der Waals surface area contributed by atoms with E-state index in [9.17, 15) is 9.59 Å². The van der Waals surface area contributed by atoms with Gasteiger partial charge in [-0.2, -0.15) is 0 Å². The molecule has 1 atom stereocenters. The molecular weight excluding hydrogens is 459 g/mol. The van der Waals surface area contributed by atoms with E-state index in [-0.39, 0.29) is 17.9 Å². The zero-order chi connectivity index (χ0) is 26.1. The zero-order valence-electron chi connectivity index (χ0n) is 21.2. The molecule has 3 rings (SSSR count). The molecule has 190 valence electrons. The highest BCUT2D eigenvalue weighted by atomic mass is 19.1. The van der Waals surface area contributed by atoms with E-state index in [4.69, 9.17) is 9.47 Å². The van der Waals surface area contributed by atoms with Gasteiger partial charge in [-0.15, -0.1) is 0 Å². The van der Waals surface area contributed by atoms with E-state index in [1.807, 2.05) is 65.6 Å². The Morgan fingerprint density at radius 1 is 0.889 bits per heavy atom. The molecule has 0 aliphatic rings. The zero-order valence-corrected chi connectivity index (χ0v) is 21.2. The summed E-state index contributed by atoms with van der Waals surface area (Å²) in [5.41, 5.74) is 1.22. The molecule has 3 aromatic carbocycles. The number of ether oxygens (including phenoxy) is 2. The van der Waals surface area contributed by atoms with E-state index < -0.39 is 29.5 Å². The van der Waals surface area contributed by atoms with Crippen molar-refractivity contribution in [1.29, 1.82) is 0 Å². The number of nitrogens with zero attached hydrogens (tertiary/aromatic N) is 1. The van der Waals surface area contributed by atoms with Crippen molar-refractivity contribution in [1.82, 2.24) is 4.90 Å². The van der Waals surface area contributed by atoms with Gasteiger partial charge in [-0.3, -0.25) is 10.2 Å². The Morgan fingerprint density at radius 3 is 1.94 bits per heavy atom. The Hall–Kier alpha value is -3.71. The Balaban J connectivity index is 2.03. The molecule has 0 heterocycles. The number of carbonyl (C=O) groups excluding carboxylic acids is 2. The Kier molecular flexibility index (Phi) is 9.19.